The molecule has 1 heterocycles. The Morgan fingerprint density at radius 2 is 0.825 bits per heavy atom. The van der Waals surface area contributed by atoms with Crippen LogP contribution in [0.3, 0.4) is 0 Å². The van der Waals surface area contributed by atoms with Crippen molar-refractivity contribution in [3.63, 3.8) is 0 Å². The number of para-hydroxylation sites is 1. The predicted octanol–water partition coefficient (Wildman–Crippen LogP) is 17.2. The Hall–Kier alpha value is -7.94. The van der Waals surface area contributed by atoms with E-state index in [1.807, 2.05) is 0 Å². The molecular formula is C61H44N2. The Morgan fingerprint density at radius 3 is 1.51 bits per heavy atom. The van der Waals surface area contributed by atoms with Crippen LogP contribution in [0.25, 0.3) is 65.3 Å². The lowest BCUT2D eigenvalue weighted by Crippen LogP contribution is -2.31. The van der Waals surface area contributed by atoms with Gasteiger partial charge in [-0.3, -0.25) is 0 Å². The summed E-state index contributed by atoms with van der Waals surface area (Å²) in [6.07, 6.45) is 0. The van der Waals surface area contributed by atoms with Gasteiger partial charge in [0.2, 0.25) is 0 Å². The molecule has 0 fully saturated rings. The van der Waals surface area contributed by atoms with Crippen molar-refractivity contribution in [3.8, 4) is 22.3 Å². The maximum absolute atomic E-state index is 2.56. The molecule has 0 N–H and O–H groups in total. The summed E-state index contributed by atoms with van der Waals surface area (Å²) >= 11 is 0. The molecular weight excluding hydrogens is 761 g/mol. The molecule has 0 unspecified atom stereocenters. The summed E-state index contributed by atoms with van der Waals surface area (Å²) < 4.78 is 0. The second kappa shape index (κ2) is 14.6. The van der Waals surface area contributed by atoms with Crippen LogP contribution in [0.1, 0.15) is 25.0 Å². The van der Waals surface area contributed by atoms with Crippen LogP contribution in [0.4, 0.5) is 34.1 Å². The highest BCUT2D eigenvalue weighted by Gasteiger charge is 2.39. The van der Waals surface area contributed by atoms with Gasteiger partial charge in [-0.2, -0.15) is 0 Å². The minimum Gasteiger partial charge on any atom is -0.308 e. The average molecular weight is 805 g/mol. The first kappa shape index (κ1) is 36.9. The van der Waals surface area contributed by atoms with Crippen molar-refractivity contribution in [1.29, 1.82) is 0 Å². The van der Waals surface area contributed by atoms with E-state index in [-0.39, 0.29) is 5.41 Å². The van der Waals surface area contributed by atoms with Gasteiger partial charge in [0, 0.05) is 22.2 Å². The van der Waals surface area contributed by atoms with E-state index in [0.717, 1.165) is 22.7 Å². The molecule has 298 valence electrons. The summed E-state index contributed by atoms with van der Waals surface area (Å²) in [6, 6.07) is 85.0. The Kier molecular flexibility index (Phi) is 8.55. The van der Waals surface area contributed by atoms with Crippen LogP contribution >= 0.6 is 0 Å². The maximum Gasteiger partial charge on any atom is 0.0781 e. The zero-order valence-electron chi connectivity index (χ0n) is 35.3. The van der Waals surface area contributed by atoms with E-state index in [9.17, 15) is 0 Å². The van der Waals surface area contributed by atoms with Crippen molar-refractivity contribution < 1.29 is 0 Å². The van der Waals surface area contributed by atoms with Gasteiger partial charge in [-0.25, -0.2) is 0 Å². The molecule has 1 aliphatic rings. The van der Waals surface area contributed by atoms with Gasteiger partial charge in [0.05, 0.1) is 22.7 Å². The van der Waals surface area contributed by atoms with E-state index in [1.165, 1.54) is 87.8 Å². The number of hydrogen-bond acceptors (Lipinski definition) is 2. The van der Waals surface area contributed by atoms with Gasteiger partial charge >= 0.3 is 0 Å². The Balaban J connectivity index is 1.17. The lowest BCUT2D eigenvalue weighted by Gasteiger charge is -2.44. The van der Waals surface area contributed by atoms with Crippen LogP contribution in [0.5, 0.6) is 0 Å². The largest absolute Gasteiger partial charge is 0.308 e. The second-order valence-corrected chi connectivity index (χ2v) is 17.3. The van der Waals surface area contributed by atoms with Crippen LogP contribution in [0.2, 0.25) is 0 Å². The molecule has 0 aromatic heterocycles. The van der Waals surface area contributed by atoms with Crippen molar-refractivity contribution in [1.82, 2.24) is 0 Å². The zero-order chi connectivity index (χ0) is 42.1. The molecule has 0 aliphatic carbocycles. The van der Waals surface area contributed by atoms with Crippen LogP contribution in [0.15, 0.2) is 231 Å². The first-order chi connectivity index (χ1) is 31.0. The van der Waals surface area contributed by atoms with E-state index in [2.05, 4.69) is 254 Å². The van der Waals surface area contributed by atoms with E-state index in [4.69, 9.17) is 0 Å². The average Bonchev–Trinajstić information content (AvgIpc) is 3.35. The molecule has 1 aliphatic heterocycles. The van der Waals surface area contributed by atoms with Gasteiger partial charge < -0.3 is 9.80 Å². The van der Waals surface area contributed by atoms with Crippen molar-refractivity contribution in [2.45, 2.75) is 19.3 Å². The summed E-state index contributed by atoms with van der Waals surface area (Å²) in [4.78, 5) is 5.05. The standard InChI is InChI=1S/C61H44N2/c1-61(2)55-27-15-16-28-57(55)63(59-39-45(31-37-56(59)61)42-19-7-4-8-20-42)60-48-22-10-9-21-44(48)32-38-58(60)62(46-33-29-43(30-34-46)41-17-5-3-6-18-41)47-35-36-53-51-25-12-11-23-49(51)50-24-13-14-26-52(50)54(53)40-47/h3-40H,1-2H3. The maximum atomic E-state index is 2.56. The first-order valence-electron chi connectivity index (χ1n) is 21.9. The minimum atomic E-state index is -0.239. The van der Waals surface area contributed by atoms with Gasteiger partial charge in [0.15, 0.2) is 0 Å². The summed E-state index contributed by atoms with van der Waals surface area (Å²) in [6.45, 7) is 4.75. The van der Waals surface area contributed by atoms with Gasteiger partial charge in [-0.15, -0.1) is 0 Å². The molecule has 12 rings (SSSR count). The normalized spacial score (nSPS) is 13.0. The van der Waals surface area contributed by atoms with Crippen LogP contribution < -0.4 is 9.80 Å². The third-order valence-corrected chi connectivity index (χ3v) is 13.4. The van der Waals surface area contributed by atoms with Gasteiger partial charge in [-0.05, 0) is 114 Å². The second-order valence-electron chi connectivity index (χ2n) is 17.3. The monoisotopic (exact) mass is 804 g/mol. The summed E-state index contributed by atoms with van der Waals surface area (Å²) in [5.41, 5.74) is 13.9. The smallest absolute Gasteiger partial charge is 0.0781 e. The summed E-state index contributed by atoms with van der Waals surface area (Å²) in [7, 11) is 0. The highest BCUT2D eigenvalue weighted by molar-refractivity contribution is 6.26. The van der Waals surface area contributed by atoms with E-state index in [1.54, 1.807) is 0 Å². The summed E-state index contributed by atoms with van der Waals surface area (Å²) in [5, 5.41) is 9.92. The number of rotatable bonds is 6. The van der Waals surface area contributed by atoms with E-state index < -0.39 is 0 Å². The number of fused-ring (bicyclic) bond motifs is 9. The molecule has 0 radical (unpaired) electrons. The third-order valence-electron chi connectivity index (χ3n) is 13.4. The van der Waals surface area contributed by atoms with Gasteiger partial charge in [0.25, 0.3) is 0 Å². The zero-order valence-corrected chi connectivity index (χ0v) is 35.3. The SMILES string of the molecule is CC1(C)c2ccccc2N(c2c(N(c3ccc(-c4ccccc4)cc3)c3ccc4c5ccccc5c5ccccc5c4c3)ccc3ccccc23)c2cc(-c3ccccc3)ccc21. The molecule has 0 spiro atoms. The Labute approximate surface area is 368 Å². The molecule has 0 bridgehead atoms. The quantitative estimate of drug-likeness (QED) is 0.155. The van der Waals surface area contributed by atoms with Crippen molar-refractivity contribution in [3.05, 3.63) is 242 Å². The Morgan fingerprint density at radius 1 is 0.333 bits per heavy atom. The third kappa shape index (κ3) is 5.94. The fourth-order valence-corrected chi connectivity index (χ4v) is 10.3. The first-order valence-corrected chi connectivity index (χ1v) is 21.9. The molecule has 0 atom stereocenters. The molecule has 63 heavy (non-hydrogen) atoms. The molecule has 11 aromatic carbocycles. The number of anilines is 6. The van der Waals surface area contributed by atoms with E-state index in [0.29, 0.717) is 0 Å². The van der Waals surface area contributed by atoms with Crippen molar-refractivity contribution in [2.75, 3.05) is 9.80 Å². The number of nitrogens with zero attached hydrogens (tertiary/aromatic N) is 2. The van der Waals surface area contributed by atoms with E-state index >= 15 is 0 Å². The van der Waals surface area contributed by atoms with Crippen molar-refractivity contribution in [2.24, 2.45) is 0 Å². The lowest BCUT2D eigenvalue weighted by atomic mass is 9.73. The molecule has 2 heteroatoms. The van der Waals surface area contributed by atoms with Crippen LogP contribution in [-0.2, 0) is 5.41 Å². The minimum absolute atomic E-state index is 0.239. The molecule has 11 aromatic rings. The van der Waals surface area contributed by atoms with Crippen LogP contribution in [-0.4, -0.2) is 0 Å². The highest BCUT2D eigenvalue weighted by Crippen LogP contribution is 2.57. The lowest BCUT2D eigenvalue weighted by molar-refractivity contribution is 0.632. The molecule has 0 saturated carbocycles. The molecule has 2 nitrogen and oxygen atoms in total. The molecule has 0 amide bonds. The fraction of sp³-hybridized carbons (Fsp3) is 0.0492. The topological polar surface area (TPSA) is 6.48 Å². The molecule has 0 saturated heterocycles. The van der Waals surface area contributed by atoms with Gasteiger partial charge in [-0.1, -0.05) is 202 Å². The number of benzene rings is 11. The Bertz CT molecular complexity index is 3500. The summed E-state index contributed by atoms with van der Waals surface area (Å²) in [5.74, 6) is 0. The highest BCUT2D eigenvalue weighted by atomic mass is 15.2. The van der Waals surface area contributed by atoms with Crippen molar-refractivity contribution >= 4 is 77.2 Å². The number of hydrogen-bond donors (Lipinski definition) is 0. The fourth-order valence-electron chi connectivity index (χ4n) is 10.3. The van der Waals surface area contributed by atoms with Gasteiger partial charge in [0.1, 0.15) is 0 Å². The van der Waals surface area contributed by atoms with Crippen LogP contribution in [0, 0.1) is 0 Å². The predicted molar refractivity (Wildman–Crippen MR) is 269 cm³/mol.